The number of aromatic nitrogens is 2. The van der Waals surface area contributed by atoms with Crippen LogP contribution in [0.2, 0.25) is 0 Å². The first-order valence-electron chi connectivity index (χ1n) is 5.48. The number of nitrogens with zero attached hydrogens (tertiary/aromatic N) is 2. The highest BCUT2D eigenvalue weighted by atomic mass is 16.5. The minimum absolute atomic E-state index is 0.594. The Bertz CT molecular complexity index is 458. The molecule has 0 amide bonds. The Hall–Kier alpha value is -1.38. The zero-order valence-electron chi connectivity index (χ0n) is 9.45. The van der Waals surface area contributed by atoms with Gasteiger partial charge in [0.15, 0.2) is 0 Å². The quantitative estimate of drug-likeness (QED) is 0.768. The average molecular weight is 204 g/mol. The fourth-order valence-electron chi connectivity index (χ4n) is 1.94. The molecule has 0 aromatic carbocycles. The predicted molar refractivity (Wildman–Crippen MR) is 59.9 cm³/mol. The SMILES string of the molecule is CCC(CC)c1cnc2onc(C)c2c1. The van der Waals surface area contributed by atoms with E-state index in [2.05, 4.69) is 30.1 Å². The summed E-state index contributed by atoms with van der Waals surface area (Å²) in [5.74, 6) is 0.594. The van der Waals surface area contributed by atoms with Gasteiger partial charge in [0, 0.05) is 6.20 Å². The van der Waals surface area contributed by atoms with Crippen molar-refractivity contribution in [1.29, 1.82) is 0 Å². The third kappa shape index (κ3) is 1.74. The van der Waals surface area contributed by atoms with Crippen molar-refractivity contribution in [1.82, 2.24) is 10.1 Å². The van der Waals surface area contributed by atoms with Gasteiger partial charge in [-0.3, -0.25) is 0 Å². The molecule has 15 heavy (non-hydrogen) atoms. The van der Waals surface area contributed by atoms with Crippen LogP contribution in [0.15, 0.2) is 16.8 Å². The maximum atomic E-state index is 5.09. The molecule has 0 spiro atoms. The molecule has 80 valence electrons. The highest BCUT2D eigenvalue weighted by Crippen LogP contribution is 2.26. The van der Waals surface area contributed by atoms with Crippen LogP contribution >= 0.6 is 0 Å². The van der Waals surface area contributed by atoms with E-state index in [1.807, 2.05) is 13.1 Å². The topological polar surface area (TPSA) is 38.9 Å². The van der Waals surface area contributed by atoms with Gasteiger partial charge in [-0.25, -0.2) is 4.98 Å². The molecule has 2 heterocycles. The predicted octanol–water partition coefficient (Wildman–Crippen LogP) is 3.43. The summed E-state index contributed by atoms with van der Waals surface area (Å²) in [7, 11) is 0. The molecule has 2 aromatic heterocycles. The summed E-state index contributed by atoms with van der Waals surface area (Å²) in [6, 6.07) is 2.16. The zero-order chi connectivity index (χ0) is 10.8. The van der Waals surface area contributed by atoms with Crippen LogP contribution in [0.1, 0.15) is 43.9 Å². The van der Waals surface area contributed by atoms with Crippen molar-refractivity contribution in [3.8, 4) is 0 Å². The Morgan fingerprint density at radius 2 is 2.07 bits per heavy atom. The van der Waals surface area contributed by atoms with E-state index in [0.717, 1.165) is 23.9 Å². The van der Waals surface area contributed by atoms with Crippen LogP contribution < -0.4 is 0 Å². The molecule has 0 aliphatic carbocycles. The van der Waals surface area contributed by atoms with Crippen molar-refractivity contribution >= 4 is 11.1 Å². The van der Waals surface area contributed by atoms with E-state index in [-0.39, 0.29) is 0 Å². The molecular weight excluding hydrogens is 188 g/mol. The minimum Gasteiger partial charge on any atom is -0.336 e. The normalized spacial score (nSPS) is 11.5. The molecule has 0 N–H and O–H groups in total. The summed E-state index contributed by atoms with van der Waals surface area (Å²) >= 11 is 0. The Morgan fingerprint density at radius 3 is 2.73 bits per heavy atom. The van der Waals surface area contributed by atoms with Gasteiger partial charge in [0.2, 0.25) is 0 Å². The summed E-state index contributed by atoms with van der Waals surface area (Å²) in [5, 5.41) is 4.95. The molecule has 0 atom stereocenters. The lowest BCUT2D eigenvalue weighted by Gasteiger charge is -2.11. The van der Waals surface area contributed by atoms with Gasteiger partial charge in [-0.1, -0.05) is 19.0 Å². The standard InChI is InChI=1S/C12H16N2O/c1-4-9(5-2)10-6-11-8(3)14-15-12(11)13-7-10/h6-7,9H,4-5H2,1-3H3. The Balaban J connectivity index is 2.49. The van der Waals surface area contributed by atoms with E-state index in [1.54, 1.807) is 0 Å². The van der Waals surface area contributed by atoms with Crippen molar-refractivity contribution in [2.75, 3.05) is 0 Å². The van der Waals surface area contributed by atoms with Gasteiger partial charge in [0.1, 0.15) is 0 Å². The largest absolute Gasteiger partial charge is 0.336 e. The van der Waals surface area contributed by atoms with Crippen LogP contribution in [0.3, 0.4) is 0 Å². The number of pyridine rings is 1. The second-order valence-electron chi connectivity index (χ2n) is 3.90. The molecule has 0 bridgehead atoms. The van der Waals surface area contributed by atoms with E-state index in [4.69, 9.17) is 4.52 Å². The van der Waals surface area contributed by atoms with E-state index < -0.39 is 0 Å². The third-order valence-electron chi connectivity index (χ3n) is 2.99. The van der Waals surface area contributed by atoms with Crippen LogP contribution in [0, 0.1) is 6.92 Å². The molecule has 0 aliphatic heterocycles. The van der Waals surface area contributed by atoms with Crippen molar-refractivity contribution in [2.24, 2.45) is 0 Å². The van der Waals surface area contributed by atoms with Gasteiger partial charge < -0.3 is 4.52 Å². The van der Waals surface area contributed by atoms with Gasteiger partial charge in [-0.15, -0.1) is 0 Å². The van der Waals surface area contributed by atoms with Gasteiger partial charge in [-0.2, -0.15) is 0 Å². The molecule has 3 heteroatoms. The lowest BCUT2D eigenvalue weighted by atomic mass is 9.95. The number of aryl methyl sites for hydroxylation is 1. The maximum Gasteiger partial charge on any atom is 0.257 e. The van der Waals surface area contributed by atoms with Gasteiger partial charge in [-0.05, 0) is 37.3 Å². The number of hydrogen-bond donors (Lipinski definition) is 0. The minimum atomic E-state index is 0.594. The molecule has 0 aliphatic rings. The average Bonchev–Trinajstić information content (AvgIpc) is 2.62. The fourth-order valence-corrected chi connectivity index (χ4v) is 1.94. The van der Waals surface area contributed by atoms with E-state index in [9.17, 15) is 0 Å². The van der Waals surface area contributed by atoms with Gasteiger partial charge >= 0.3 is 0 Å². The molecule has 3 nitrogen and oxygen atoms in total. The molecule has 2 rings (SSSR count). The summed E-state index contributed by atoms with van der Waals surface area (Å²) in [5.41, 5.74) is 2.85. The van der Waals surface area contributed by atoms with Crippen LogP contribution in [0.25, 0.3) is 11.1 Å². The smallest absolute Gasteiger partial charge is 0.257 e. The molecular formula is C12H16N2O. The summed E-state index contributed by atoms with van der Waals surface area (Å²) < 4.78 is 5.09. The molecule has 0 radical (unpaired) electrons. The maximum absolute atomic E-state index is 5.09. The Labute approximate surface area is 89.5 Å². The van der Waals surface area contributed by atoms with E-state index >= 15 is 0 Å². The number of fused-ring (bicyclic) bond motifs is 1. The second kappa shape index (κ2) is 4.01. The molecule has 0 unspecified atom stereocenters. The van der Waals surface area contributed by atoms with Crippen molar-refractivity contribution in [2.45, 2.75) is 39.5 Å². The lowest BCUT2D eigenvalue weighted by molar-refractivity contribution is 0.442. The van der Waals surface area contributed by atoms with E-state index in [1.165, 1.54) is 5.56 Å². The number of hydrogen-bond acceptors (Lipinski definition) is 3. The summed E-state index contributed by atoms with van der Waals surface area (Å²) in [4.78, 5) is 4.29. The van der Waals surface area contributed by atoms with Crippen LogP contribution in [-0.2, 0) is 0 Å². The van der Waals surface area contributed by atoms with Gasteiger partial charge in [0.25, 0.3) is 5.71 Å². The monoisotopic (exact) mass is 204 g/mol. The highest BCUT2D eigenvalue weighted by Gasteiger charge is 2.11. The number of rotatable bonds is 3. The third-order valence-corrected chi connectivity index (χ3v) is 2.99. The van der Waals surface area contributed by atoms with E-state index in [0.29, 0.717) is 11.6 Å². The summed E-state index contributed by atoms with van der Waals surface area (Å²) in [6.45, 7) is 6.36. The van der Waals surface area contributed by atoms with Crippen molar-refractivity contribution in [3.63, 3.8) is 0 Å². The van der Waals surface area contributed by atoms with Crippen LogP contribution in [-0.4, -0.2) is 10.1 Å². The van der Waals surface area contributed by atoms with Crippen LogP contribution in [0.5, 0.6) is 0 Å². The molecule has 2 aromatic rings. The Kier molecular flexibility index (Phi) is 2.71. The van der Waals surface area contributed by atoms with Gasteiger partial charge in [0.05, 0.1) is 11.1 Å². The van der Waals surface area contributed by atoms with Crippen molar-refractivity contribution in [3.05, 3.63) is 23.5 Å². The first-order valence-corrected chi connectivity index (χ1v) is 5.48. The zero-order valence-corrected chi connectivity index (χ0v) is 9.45. The second-order valence-corrected chi connectivity index (χ2v) is 3.90. The van der Waals surface area contributed by atoms with Crippen molar-refractivity contribution < 1.29 is 4.52 Å². The first kappa shape index (κ1) is 10.1. The fraction of sp³-hybridized carbons (Fsp3) is 0.500. The summed E-state index contributed by atoms with van der Waals surface area (Å²) in [6.07, 6.45) is 4.20. The molecule has 0 fully saturated rings. The highest BCUT2D eigenvalue weighted by molar-refractivity contribution is 5.76. The van der Waals surface area contributed by atoms with Crippen LogP contribution in [0.4, 0.5) is 0 Å². The molecule has 0 saturated carbocycles. The lowest BCUT2D eigenvalue weighted by Crippen LogP contribution is -1.96. The Morgan fingerprint density at radius 1 is 1.33 bits per heavy atom. The molecule has 0 saturated heterocycles. The first-order chi connectivity index (χ1) is 7.26.